The summed E-state index contributed by atoms with van der Waals surface area (Å²) in [4.78, 5) is 24.9. The van der Waals surface area contributed by atoms with E-state index in [1.165, 1.54) is 9.75 Å². The van der Waals surface area contributed by atoms with Crippen LogP contribution in [0.15, 0.2) is 35.0 Å². The van der Waals surface area contributed by atoms with Crippen LogP contribution in [0.4, 0.5) is 0 Å². The van der Waals surface area contributed by atoms with Crippen LogP contribution in [0.3, 0.4) is 0 Å². The second kappa shape index (κ2) is 19.2. The molecular weight excluding hydrogens is 596 g/mol. The average molecular weight is 621 g/mol. The van der Waals surface area contributed by atoms with E-state index in [9.17, 15) is 19.8 Å². The predicted octanol–water partition coefficient (Wildman–Crippen LogP) is -3.25. The maximum absolute atomic E-state index is 10.3. The summed E-state index contributed by atoms with van der Waals surface area (Å²) >= 11 is 7.02. The zero-order chi connectivity index (χ0) is 22.8. The Kier molecular flexibility index (Phi) is 18.9. The fraction of sp³-hybridized carbons (Fsp3) is 0.353. The van der Waals surface area contributed by atoms with E-state index in [-0.39, 0.29) is 15.0 Å². The minimum atomic E-state index is -1.12. The molecule has 0 radical (unpaired) electrons. The number of nitriles is 1. The van der Waals surface area contributed by atoms with Gasteiger partial charge in [0.1, 0.15) is 5.97 Å². The van der Waals surface area contributed by atoms with Gasteiger partial charge in [-0.15, -0.1) is 0 Å². The quantitative estimate of drug-likeness (QED) is 0.161. The van der Waals surface area contributed by atoms with Crippen LogP contribution in [0, 0.1) is 10.2 Å². The summed E-state index contributed by atoms with van der Waals surface area (Å²) in [6, 6.07) is 7.03. The number of rotatable bonds is 10. The summed E-state index contributed by atoms with van der Waals surface area (Å²) in [5.74, 6) is -1.25. The fourth-order valence-corrected chi connectivity index (χ4v) is 8.80. The topological polar surface area (TPSA) is 159 Å². The van der Waals surface area contributed by atoms with Crippen molar-refractivity contribution in [3.63, 3.8) is 0 Å². The van der Waals surface area contributed by atoms with Crippen LogP contribution in [-0.2, 0) is 32.9 Å². The van der Waals surface area contributed by atoms with Gasteiger partial charge in [-0.3, -0.25) is 0 Å². The number of nitrogens with zero attached hydrogens (tertiary/aromatic N) is 1. The molecule has 0 spiro atoms. The summed E-state index contributed by atoms with van der Waals surface area (Å²) in [6.07, 6.45) is 0. The van der Waals surface area contributed by atoms with Gasteiger partial charge in [0, 0.05) is 0 Å². The normalized spacial score (nSPS) is 11.7. The zero-order valence-electron chi connectivity index (χ0n) is 16.0. The van der Waals surface area contributed by atoms with Crippen molar-refractivity contribution in [1.82, 2.24) is 0 Å². The van der Waals surface area contributed by atoms with Gasteiger partial charge in [-0.2, -0.15) is 0 Å². The molecule has 7 nitrogen and oxygen atoms in total. The van der Waals surface area contributed by atoms with Gasteiger partial charge in [0.2, 0.25) is 0 Å². The third kappa shape index (κ3) is 16.2. The minimum absolute atomic E-state index is 0.158. The number of carboxylic acid groups (broad SMARTS) is 2. The molecule has 0 fully saturated rings. The first kappa shape index (κ1) is 29.5. The van der Waals surface area contributed by atoms with Crippen molar-refractivity contribution in [1.29, 1.82) is 5.26 Å². The molecule has 2 aromatic rings. The maximum atomic E-state index is 10.3. The number of hydrogen-bond donors (Lipinski definition) is 2. The molecule has 2 unspecified atom stereocenters. The number of carbonyl (C=O) groups is 2. The van der Waals surface area contributed by atoms with Crippen molar-refractivity contribution in [3.8, 4) is 4.97 Å². The number of carboxylic acids is 2. The Labute approximate surface area is 205 Å². The number of carbonyl (C=O) groups excluding carboxylic acids is 2. The average Bonchev–Trinajstić information content (AvgIpc) is 3.43. The van der Waals surface area contributed by atoms with Crippen LogP contribution in [0.1, 0.15) is 9.75 Å². The number of hydrogen-bond acceptors (Lipinski definition) is 8. The molecule has 2 atom stereocenters. The van der Waals surface area contributed by atoms with Crippen LogP contribution in [0.25, 0.3) is 0 Å². The second-order valence-corrected chi connectivity index (χ2v) is 13.8. The van der Waals surface area contributed by atoms with Crippen LogP contribution >= 0.6 is 32.9 Å². The van der Waals surface area contributed by atoms with E-state index in [1.807, 2.05) is 17.5 Å². The third-order valence-electron chi connectivity index (χ3n) is 2.91. The molecule has 0 aliphatic carbocycles. The van der Waals surface area contributed by atoms with Crippen molar-refractivity contribution in [2.75, 3.05) is 11.5 Å². The van der Waals surface area contributed by atoms with Crippen LogP contribution in [0.2, 0.25) is 0 Å². The molecule has 6 N–H and O–H groups in total. The Morgan fingerprint density at radius 2 is 1.63 bits per heavy atom. The Balaban J connectivity index is 0.000000454. The monoisotopic (exact) mass is 622 g/mol. The first-order chi connectivity index (χ1) is 14.3. The molecule has 0 aromatic carbocycles. The number of quaternary nitrogens is 2. The van der Waals surface area contributed by atoms with Crippen LogP contribution in [0.5, 0.6) is 0 Å². The van der Waals surface area contributed by atoms with E-state index < -0.39 is 24.0 Å². The van der Waals surface area contributed by atoms with Gasteiger partial charge in [0.05, 0.1) is 0 Å². The van der Waals surface area contributed by atoms with Crippen LogP contribution < -0.4 is 21.7 Å². The SMILES string of the molecule is N#C[Se]Cc1cccs1.[NH3+]C(CS[Se]Cc1cccs1)C(=O)[O-].[NH3+]C(C[SH2+])C(=O)[O-]. The molecule has 2 rings (SSSR count). The van der Waals surface area contributed by atoms with E-state index in [2.05, 4.69) is 46.6 Å². The van der Waals surface area contributed by atoms with E-state index in [4.69, 9.17) is 5.26 Å². The molecular formula is C17H24N3O4S4Se2+. The summed E-state index contributed by atoms with van der Waals surface area (Å²) < 4.78 is 0. The Hall–Kier alpha value is -0.511. The van der Waals surface area contributed by atoms with Gasteiger partial charge in [0.15, 0.2) is 11.8 Å². The molecule has 0 saturated carbocycles. The summed E-state index contributed by atoms with van der Waals surface area (Å²) in [5, 5.41) is 34.5. The summed E-state index contributed by atoms with van der Waals surface area (Å²) in [5.41, 5.74) is 6.75. The smallest absolute Gasteiger partial charge is 0.169 e. The van der Waals surface area contributed by atoms with Crippen molar-refractivity contribution in [2.24, 2.45) is 0 Å². The first-order valence-corrected chi connectivity index (χ1v) is 17.1. The van der Waals surface area contributed by atoms with Crippen molar-refractivity contribution >= 4 is 86.2 Å². The summed E-state index contributed by atoms with van der Waals surface area (Å²) in [6.45, 7) is 0. The van der Waals surface area contributed by atoms with Crippen molar-refractivity contribution in [2.45, 2.75) is 22.7 Å². The Morgan fingerprint density at radius 1 is 1.10 bits per heavy atom. The van der Waals surface area contributed by atoms with Crippen LogP contribution in [-0.4, -0.2) is 64.3 Å². The molecule has 166 valence electrons. The largest absolute Gasteiger partial charge is 0.544 e. The molecule has 13 heteroatoms. The second-order valence-electron chi connectivity index (χ2n) is 5.32. The molecule has 2 heterocycles. The first-order valence-electron chi connectivity index (χ1n) is 8.34. The van der Waals surface area contributed by atoms with E-state index >= 15 is 0 Å². The Morgan fingerprint density at radius 3 is 2.00 bits per heavy atom. The van der Waals surface area contributed by atoms with Gasteiger partial charge in [0.25, 0.3) is 0 Å². The van der Waals surface area contributed by atoms with Gasteiger partial charge in [-0.25, -0.2) is 0 Å². The summed E-state index contributed by atoms with van der Waals surface area (Å²) in [7, 11) is 1.67. The maximum Gasteiger partial charge on any atom is 0.169 e. The van der Waals surface area contributed by atoms with E-state index in [1.54, 1.807) is 32.9 Å². The van der Waals surface area contributed by atoms with Gasteiger partial charge in [-0.05, 0) is 12.6 Å². The molecule has 0 bridgehead atoms. The Bertz CT molecular complexity index is 743. The van der Waals surface area contributed by atoms with Gasteiger partial charge in [-0.1, -0.05) is 0 Å². The molecule has 30 heavy (non-hydrogen) atoms. The number of thiophene rings is 2. The van der Waals surface area contributed by atoms with Crippen molar-refractivity contribution < 1.29 is 31.3 Å². The minimum Gasteiger partial charge on any atom is -0.544 e. The van der Waals surface area contributed by atoms with Crippen molar-refractivity contribution in [3.05, 3.63) is 44.8 Å². The third-order valence-corrected chi connectivity index (χ3v) is 11.3. The predicted molar refractivity (Wildman–Crippen MR) is 124 cm³/mol. The van der Waals surface area contributed by atoms with E-state index in [0.717, 1.165) is 10.6 Å². The molecule has 0 saturated heterocycles. The molecule has 0 aliphatic heterocycles. The van der Waals surface area contributed by atoms with Gasteiger partial charge >= 0.3 is 161 Å². The zero-order valence-corrected chi connectivity index (χ0v) is 22.9. The van der Waals surface area contributed by atoms with E-state index in [0.29, 0.717) is 25.3 Å². The standard InChI is InChI=1S/C8H11NO2S2Se.C6H5NSSe.C3H7NO2S/c9-7(8(10)11)4-13-14-5-6-2-1-3-12-6;7-5-9-4-6-2-1-3-8-6;4-2(1-7)3(5)6/h1-3,7H,4-5,9H2,(H,10,11);1-3H,4H2;2,7H,1,4H2,(H,5,6)/p+1. The molecule has 2 aromatic heterocycles. The molecule has 0 aliphatic rings. The number of aliphatic carboxylic acids is 2. The molecule has 0 amide bonds. The van der Waals surface area contributed by atoms with Gasteiger partial charge < -0.3 is 15.6 Å². The fourth-order valence-electron chi connectivity index (χ4n) is 1.27.